The lowest BCUT2D eigenvalue weighted by Gasteiger charge is -2.27. The minimum absolute atomic E-state index is 0.0838. The molecule has 2 fully saturated rings. The van der Waals surface area contributed by atoms with Gasteiger partial charge < -0.3 is 14.4 Å². The lowest BCUT2D eigenvalue weighted by atomic mass is 9.90. The minimum atomic E-state index is -0.437. The van der Waals surface area contributed by atoms with E-state index in [1.807, 2.05) is 4.90 Å². The highest BCUT2D eigenvalue weighted by Gasteiger charge is 2.22. The highest BCUT2D eigenvalue weighted by Crippen LogP contribution is 2.26. The Morgan fingerprint density at radius 2 is 2.11 bits per heavy atom. The molecule has 3 heterocycles. The van der Waals surface area contributed by atoms with Gasteiger partial charge in [-0.1, -0.05) is 24.4 Å². The van der Waals surface area contributed by atoms with Crippen LogP contribution in [0.1, 0.15) is 42.5 Å². The number of aromatic nitrogens is 6. The molecule has 0 radical (unpaired) electrons. The first-order valence-electron chi connectivity index (χ1n) is 9.67. The number of ether oxygens (including phenoxy) is 2. The fourth-order valence-electron chi connectivity index (χ4n) is 3.47. The van der Waals surface area contributed by atoms with Gasteiger partial charge in [-0.15, -0.1) is 5.10 Å². The fraction of sp³-hybridized carbons (Fsp3) is 0.647. The zero-order valence-corrected chi connectivity index (χ0v) is 15.6. The number of carbonyl (C=O) groups is 1. The predicted molar refractivity (Wildman–Crippen MR) is 99.3 cm³/mol. The number of hydrogen-bond donors (Lipinski definition) is 2. The summed E-state index contributed by atoms with van der Waals surface area (Å²) in [5.41, 5.74) is 0.248. The van der Waals surface area contributed by atoms with Gasteiger partial charge in [-0.2, -0.15) is 10.2 Å². The number of aromatic amines is 1. The maximum atomic E-state index is 12.6. The number of amides is 1. The third-order valence-corrected chi connectivity index (χ3v) is 5.03. The number of anilines is 2. The maximum Gasteiger partial charge on any atom is 0.270 e. The van der Waals surface area contributed by atoms with Crippen molar-refractivity contribution in [3.63, 3.8) is 0 Å². The van der Waals surface area contributed by atoms with E-state index in [9.17, 15) is 4.79 Å². The Balaban J connectivity index is 1.53. The summed E-state index contributed by atoms with van der Waals surface area (Å²) in [5.74, 6) is 0.957. The minimum Gasteiger partial charge on any atom is -0.477 e. The van der Waals surface area contributed by atoms with Crippen LogP contribution in [0.4, 0.5) is 11.9 Å². The van der Waals surface area contributed by atoms with Crippen LogP contribution in [0.5, 0.6) is 5.88 Å². The summed E-state index contributed by atoms with van der Waals surface area (Å²) in [4.78, 5) is 23.6. The number of morpholine rings is 1. The lowest BCUT2D eigenvalue weighted by Crippen LogP contribution is -2.37. The highest BCUT2D eigenvalue weighted by atomic mass is 16.5. The van der Waals surface area contributed by atoms with Crippen molar-refractivity contribution in [1.29, 1.82) is 0 Å². The molecule has 1 saturated heterocycles. The van der Waals surface area contributed by atoms with Gasteiger partial charge in [-0.3, -0.25) is 10.1 Å². The van der Waals surface area contributed by atoms with Gasteiger partial charge in [0, 0.05) is 19.3 Å². The summed E-state index contributed by atoms with van der Waals surface area (Å²) >= 11 is 0. The largest absolute Gasteiger partial charge is 0.477 e. The number of hydrogen-bond acceptors (Lipinski definition) is 9. The normalized spacial score (nSPS) is 18.1. The summed E-state index contributed by atoms with van der Waals surface area (Å²) in [6.45, 7) is 3.21. The van der Waals surface area contributed by atoms with Gasteiger partial charge in [0.05, 0.1) is 19.8 Å². The smallest absolute Gasteiger partial charge is 0.270 e. The van der Waals surface area contributed by atoms with Crippen LogP contribution in [0.25, 0.3) is 0 Å². The van der Waals surface area contributed by atoms with E-state index in [0.717, 1.165) is 12.8 Å². The van der Waals surface area contributed by atoms with E-state index in [0.29, 0.717) is 44.8 Å². The standard InChI is InChI=1S/C17H24N8O3/c26-14(19-16-21-23-24-22-16)13-10-18-17(25-6-8-27-9-7-25)20-15(13)28-11-12-4-2-1-3-5-12/h10,12H,1-9,11H2,(H2,19,21,22,23,24,26). The molecule has 2 aromatic heterocycles. The maximum absolute atomic E-state index is 12.6. The van der Waals surface area contributed by atoms with Crippen LogP contribution in [0.2, 0.25) is 0 Å². The van der Waals surface area contributed by atoms with E-state index in [1.165, 1.54) is 25.5 Å². The molecule has 1 saturated carbocycles. The SMILES string of the molecule is O=C(Nc1nn[nH]n1)c1cnc(N2CCOCC2)nc1OCC1CCCCC1. The van der Waals surface area contributed by atoms with E-state index in [1.54, 1.807) is 0 Å². The molecule has 11 heteroatoms. The average Bonchev–Trinajstić information content (AvgIpc) is 3.26. The molecule has 0 bridgehead atoms. The Labute approximate surface area is 162 Å². The van der Waals surface area contributed by atoms with E-state index >= 15 is 0 Å². The van der Waals surface area contributed by atoms with E-state index in [2.05, 4.69) is 35.9 Å². The second-order valence-corrected chi connectivity index (χ2v) is 6.99. The van der Waals surface area contributed by atoms with Crippen LogP contribution >= 0.6 is 0 Å². The topological polar surface area (TPSA) is 131 Å². The molecule has 28 heavy (non-hydrogen) atoms. The van der Waals surface area contributed by atoms with Crippen molar-refractivity contribution in [2.24, 2.45) is 5.92 Å². The van der Waals surface area contributed by atoms with Crippen molar-refractivity contribution in [2.75, 3.05) is 43.1 Å². The molecule has 0 atom stereocenters. The van der Waals surface area contributed by atoms with E-state index in [-0.39, 0.29) is 17.4 Å². The van der Waals surface area contributed by atoms with Crippen molar-refractivity contribution in [3.05, 3.63) is 11.8 Å². The quantitative estimate of drug-likeness (QED) is 0.745. The number of tetrazole rings is 1. The third-order valence-electron chi connectivity index (χ3n) is 5.03. The average molecular weight is 388 g/mol. The molecule has 1 aliphatic carbocycles. The molecule has 2 N–H and O–H groups in total. The van der Waals surface area contributed by atoms with Gasteiger partial charge in [0.25, 0.3) is 11.9 Å². The Morgan fingerprint density at radius 1 is 1.29 bits per heavy atom. The van der Waals surface area contributed by atoms with Crippen molar-refractivity contribution in [1.82, 2.24) is 30.6 Å². The van der Waals surface area contributed by atoms with Gasteiger partial charge in [-0.05, 0) is 24.0 Å². The molecule has 150 valence electrons. The van der Waals surface area contributed by atoms with E-state index in [4.69, 9.17) is 9.47 Å². The van der Waals surface area contributed by atoms with Crippen molar-refractivity contribution in [2.45, 2.75) is 32.1 Å². The number of nitrogens with one attached hydrogen (secondary N) is 2. The Morgan fingerprint density at radius 3 is 2.86 bits per heavy atom. The van der Waals surface area contributed by atoms with Crippen molar-refractivity contribution < 1.29 is 14.3 Å². The highest BCUT2D eigenvalue weighted by molar-refractivity contribution is 6.04. The van der Waals surface area contributed by atoms with Crippen LogP contribution in [-0.2, 0) is 4.74 Å². The lowest BCUT2D eigenvalue weighted by molar-refractivity contribution is 0.101. The molecule has 2 aliphatic rings. The van der Waals surface area contributed by atoms with Crippen LogP contribution in [-0.4, -0.2) is 69.4 Å². The molecule has 4 rings (SSSR count). The van der Waals surface area contributed by atoms with Crippen LogP contribution in [0, 0.1) is 5.92 Å². The fourth-order valence-corrected chi connectivity index (χ4v) is 3.47. The molecule has 11 nitrogen and oxygen atoms in total. The van der Waals surface area contributed by atoms with Crippen molar-refractivity contribution >= 4 is 17.8 Å². The van der Waals surface area contributed by atoms with Crippen molar-refractivity contribution in [3.8, 4) is 5.88 Å². The van der Waals surface area contributed by atoms with Crippen LogP contribution < -0.4 is 15.0 Å². The second-order valence-electron chi connectivity index (χ2n) is 6.99. The third kappa shape index (κ3) is 4.53. The van der Waals surface area contributed by atoms with E-state index < -0.39 is 5.91 Å². The molecule has 2 aromatic rings. The number of H-pyrrole nitrogens is 1. The summed E-state index contributed by atoms with van der Waals surface area (Å²) in [6.07, 6.45) is 7.51. The van der Waals surface area contributed by atoms with Gasteiger partial charge in [0.1, 0.15) is 5.56 Å². The summed E-state index contributed by atoms with van der Waals surface area (Å²) in [5, 5.41) is 15.8. The molecular formula is C17H24N8O3. The number of nitrogens with zero attached hydrogens (tertiary/aromatic N) is 6. The molecule has 0 spiro atoms. The van der Waals surface area contributed by atoms with Crippen LogP contribution in [0.15, 0.2) is 6.20 Å². The first kappa shape index (κ1) is 18.5. The van der Waals surface area contributed by atoms with Gasteiger partial charge in [0.15, 0.2) is 0 Å². The Kier molecular flexibility index (Phi) is 5.90. The van der Waals surface area contributed by atoms with Gasteiger partial charge in [0.2, 0.25) is 11.8 Å². The summed E-state index contributed by atoms with van der Waals surface area (Å²) in [7, 11) is 0. The molecule has 0 aromatic carbocycles. The Bertz CT molecular complexity index is 773. The van der Waals surface area contributed by atoms with Crippen LogP contribution in [0.3, 0.4) is 0 Å². The molecule has 1 aliphatic heterocycles. The Hall–Kier alpha value is -2.82. The number of carbonyl (C=O) groups excluding carboxylic acids is 1. The summed E-state index contributed by atoms with van der Waals surface area (Å²) in [6, 6.07) is 0. The monoisotopic (exact) mass is 388 g/mol. The van der Waals surface area contributed by atoms with Gasteiger partial charge in [-0.25, -0.2) is 4.98 Å². The zero-order valence-electron chi connectivity index (χ0n) is 15.6. The molecule has 1 amide bonds. The zero-order chi connectivity index (χ0) is 19.2. The number of rotatable bonds is 6. The molecular weight excluding hydrogens is 364 g/mol. The second kappa shape index (κ2) is 8.91. The molecule has 0 unspecified atom stereocenters. The first-order chi connectivity index (χ1) is 13.8. The van der Waals surface area contributed by atoms with Gasteiger partial charge >= 0.3 is 0 Å². The first-order valence-corrected chi connectivity index (χ1v) is 9.67. The predicted octanol–water partition coefficient (Wildman–Crippen LogP) is 1.04. The summed E-state index contributed by atoms with van der Waals surface area (Å²) < 4.78 is 11.4.